The van der Waals surface area contributed by atoms with E-state index in [0.717, 1.165) is 5.76 Å². The van der Waals surface area contributed by atoms with E-state index in [4.69, 9.17) is 27.6 Å². The molecule has 0 fully saturated rings. The molecule has 0 aliphatic rings. The number of hydrogen-bond acceptors (Lipinski definition) is 1. The minimum absolute atomic E-state index is 0.300. The van der Waals surface area contributed by atoms with Gasteiger partial charge in [-0.3, -0.25) is 0 Å². The topological polar surface area (TPSA) is 13.1 Å². The Morgan fingerprint density at radius 2 is 2.06 bits per heavy atom. The lowest BCUT2D eigenvalue weighted by Crippen LogP contribution is -1.96. The number of furan rings is 1. The Bertz CT molecular complexity index is 553. The number of hydrogen-bond donors (Lipinski definition) is 0. The van der Waals surface area contributed by atoms with Crippen molar-refractivity contribution in [2.24, 2.45) is 0 Å². The van der Waals surface area contributed by atoms with Gasteiger partial charge in [0.15, 0.2) is 0 Å². The highest BCUT2D eigenvalue weighted by atomic mass is 79.9. The molecule has 0 radical (unpaired) electrons. The summed E-state index contributed by atoms with van der Waals surface area (Å²) in [6.07, 6.45) is 0. The van der Waals surface area contributed by atoms with E-state index < -0.39 is 11.2 Å². The van der Waals surface area contributed by atoms with Crippen molar-refractivity contribution in [1.29, 1.82) is 0 Å². The average Bonchev–Trinajstić information content (AvgIpc) is 2.69. The van der Waals surface area contributed by atoms with Crippen LogP contribution in [0.5, 0.6) is 0 Å². The molecule has 1 atom stereocenters. The molecule has 1 aromatic carbocycles. The SMILES string of the molecule is Cc1ccc(C(Cl)c2cc(Cl)c(Br)cc2F)o1. The molecule has 0 saturated carbocycles. The standard InChI is InChI=1S/C12H8BrCl2FO/c1-6-2-3-11(17-6)12(15)7-4-9(14)8(13)5-10(7)16/h2-5,12H,1H3. The maximum Gasteiger partial charge on any atom is 0.129 e. The Hall–Kier alpha value is -0.510. The first kappa shape index (κ1) is 12.9. The lowest BCUT2D eigenvalue weighted by atomic mass is 10.1. The molecule has 2 rings (SSSR count). The van der Waals surface area contributed by atoms with E-state index in [1.54, 1.807) is 19.1 Å². The molecule has 0 amide bonds. The van der Waals surface area contributed by atoms with Crippen LogP contribution in [0.2, 0.25) is 5.02 Å². The summed E-state index contributed by atoms with van der Waals surface area (Å²) in [6, 6.07) is 6.30. The van der Waals surface area contributed by atoms with Gasteiger partial charge in [-0.1, -0.05) is 11.6 Å². The van der Waals surface area contributed by atoms with Gasteiger partial charge in [0.2, 0.25) is 0 Å². The molecular formula is C12H8BrCl2FO. The highest BCUT2D eigenvalue weighted by Gasteiger charge is 2.19. The van der Waals surface area contributed by atoms with Crippen LogP contribution in [0, 0.1) is 12.7 Å². The second-order valence-electron chi connectivity index (χ2n) is 3.60. The molecule has 1 unspecified atom stereocenters. The molecule has 0 aliphatic heterocycles. The molecule has 0 spiro atoms. The second-order valence-corrected chi connectivity index (χ2v) is 5.30. The van der Waals surface area contributed by atoms with Gasteiger partial charge in [-0.15, -0.1) is 11.6 Å². The van der Waals surface area contributed by atoms with Crippen molar-refractivity contribution in [2.75, 3.05) is 0 Å². The molecule has 5 heteroatoms. The maximum absolute atomic E-state index is 13.8. The first-order chi connectivity index (χ1) is 7.99. The molecule has 90 valence electrons. The Balaban J connectivity index is 2.43. The summed E-state index contributed by atoms with van der Waals surface area (Å²) < 4.78 is 19.6. The normalized spacial score (nSPS) is 12.8. The summed E-state index contributed by atoms with van der Waals surface area (Å²) in [5.74, 6) is 0.811. The number of rotatable bonds is 2. The average molecular weight is 338 g/mol. The third-order valence-corrected chi connectivity index (χ3v) is 3.97. The maximum atomic E-state index is 13.8. The fourth-order valence-electron chi connectivity index (χ4n) is 1.48. The molecule has 0 aliphatic carbocycles. The van der Waals surface area contributed by atoms with E-state index in [1.807, 2.05) is 0 Å². The van der Waals surface area contributed by atoms with Crippen molar-refractivity contribution in [3.8, 4) is 0 Å². The Morgan fingerprint density at radius 3 is 2.65 bits per heavy atom. The molecule has 1 nitrogen and oxygen atoms in total. The monoisotopic (exact) mass is 336 g/mol. The van der Waals surface area contributed by atoms with Gasteiger partial charge in [0.25, 0.3) is 0 Å². The summed E-state index contributed by atoms with van der Waals surface area (Å²) in [7, 11) is 0. The summed E-state index contributed by atoms with van der Waals surface area (Å²) >= 11 is 15.2. The first-order valence-corrected chi connectivity index (χ1v) is 6.44. The number of aryl methyl sites for hydroxylation is 1. The summed E-state index contributed by atoms with van der Waals surface area (Å²) in [4.78, 5) is 0. The van der Waals surface area contributed by atoms with E-state index >= 15 is 0 Å². The predicted molar refractivity (Wildman–Crippen MR) is 70.3 cm³/mol. The lowest BCUT2D eigenvalue weighted by Gasteiger charge is -2.09. The fraction of sp³-hybridized carbons (Fsp3) is 0.167. The van der Waals surface area contributed by atoms with Crippen LogP contribution in [-0.4, -0.2) is 0 Å². The zero-order chi connectivity index (χ0) is 12.6. The molecule has 1 aromatic heterocycles. The van der Waals surface area contributed by atoms with E-state index in [0.29, 0.717) is 20.8 Å². The molecule has 1 heterocycles. The van der Waals surface area contributed by atoms with Gasteiger partial charge in [-0.2, -0.15) is 0 Å². The molecule has 2 aromatic rings. The van der Waals surface area contributed by atoms with E-state index in [-0.39, 0.29) is 0 Å². The van der Waals surface area contributed by atoms with Gasteiger partial charge in [-0.05, 0) is 47.1 Å². The van der Waals surface area contributed by atoms with Crippen LogP contribution in [-0.2, 0) is 0 Å². The van der Waals surface area contributed by atoms with E-state index in [2.05, 4.69) is 15.9 Å². The predicted octanol–water partition coefficient (Wildman–Crippen LogP) is 5.47. The van der Waals surface area contributed by atoms with Crippen LogP contribution in [0.15, 0.2) is 33.2 Å². The van der Waals surface area contributed by atoms with Gasteiger partial charge in [0, 0.05) is 10.0 Å². The van der Waals surface area contributed by atoms with Crippen LogP contribution in [0.1, 0.15) is 22.5 Å². The zero-order valence-corrected chi connectivity index (χ0v) is 11.9. The Morgan fingerprint density at radius 1 is 1.35 bits per heavy atom. The van der Waals surface area contributed by atoms with Crippen molar-refractivity contribution in [2.45, 2.75) is 12.3 Å². The third-order valence-electron chi connectivity index (χ3n) is 2.32. The van der Waals surface area contributed by atoms with Gasteiger partial charge in [-0.25, -0.2) is 4.39 Å². The summed E-state index contributed by atoms with van der Waals surface area (Å²) in [5, 5.41) is -0.273. The minimum Gasteiger partial charge on any atom is -0.464 e. The molecule has 0 bridgehead atoms. The third kappa shape index (κ3) is 2.67. The van der Waals surface area contributed by atoms with Gasteiger partial charge in [0.1, 0.15) is 22.7 Å². The first-order valence-electron chi connectivity index (χ1n) is 4.84. The smallest absolute Gasteiger partial charge is 0.129 e. The number of benzene rings is 1. The number of alkyl halides is 1. The van der Waals surface area contributed by atoms with Crippen LogP contribution >= 0.6 is 39.1 Å². The Kier molecular flexibility index (Phi) is 3.81. The quantitative estimate of drug-likeness (QED) is 0.523. The van der Waals surface area contributed by atoms with Gasteiger partial charge >= 0.3 is 0 Å². The van der Waals surface area contributed by atoms with Crippen molar-refractivity contribution >= 4 is 39.1 Å². The van der Waals surface area contributed by atoms with Crippen LogP contribution < -0.4 is 0 Å². The molecule has 17 heavy (non-hydrogen) atoms. The largest absolute Gasteiger partial charge is 0.464 e. The lowest BCUT2D eigenvalue weighted by molar-refractivity contribution is 0.484. The minimum atomic E-state index is -0.686. The van der Waals surface area contributed by atoms with Crippen LogP contribution in [0.4, 0.5) is 4.39 Å². The van der Waals surface area contributed by atoms with Crippen molar-refractivity contribution < 1.29 is 8.81 Å². The van der Waals surface area contributed by atoms with E-state index in [9.17, 15) is 4.39 Å². The second kappa shape index (κ2) is 5.01. The van der Waals surface area contributed by atoms with E-state index in [1.165, 1.54) is 12.1 Å². The van der Waals surface area contributed by atoms with Crippen LogP contribution in [0.25, 0.3) is 0 Å². The fourth-order valence-corrected chi connectivity index (χ4v) is 2.25. The van der Waals surface area contributed by atoms with Gasteiger partial charge in [0.05, 0.1) is 5.02 Å². The Labute approximate surface area is 117 Å². The zero-order valence-electron chi connectivity index (χ0n) is 8.81. The molecular weight excluding hydrogens is 330 g/mol. The highest BCUT2D eigenvalue weighted by Crippen LogP contribution is 2.35. The van der Waals surface area contributed by atoms with Crippen molar-refractivity contribution in [3.63, 3.8) is 0 Å². The summed E-state index contributed by atoms with van der Waals surface area (Å²) in [5.41, 5.74) is 0.300. The van der Waals surface area contributed by atoms with Crippen molar-refractivity contribution in [3.05, 3.63) is 56.7 Å². The summed E-state index contributed by atoms with van der Waals surface area (Å²) in [6.45, 7) is 1.80. The van der Waals surface area contributed by atoms with Crippen molar-refractivity contribution in [1.82, 2.24) is 0 Å². The molecule has 0 N–H and O–H groups in total. The number of halogens is 4. The molecule has 0 saturated heterocycles. The van der Waals surface area contributed by atoms with Crippen LogP contribution in [0.3, 0.4) is 0 Å². The van der Waals surface area contributed by atoms with Gasteiger partial charge < -0.3 is 4.42 Å². The highest BCUT2D eigenvalue weighted by molar-refractivity contribution is 9.10.